The Kier molecular flexibility index (Phi) is 11.9. The number of ether oxygens (including phenoxy) is 4. The van der Waals surface area contributed by atoms with Gasteiger partial charge in [-0.1, -0.05) is 18.2 Å². The minimum atomic E-state index is -0.408. The van der Waals surface area contributed by atoms with E-state index in [9.17, 15) is 14.4 Å². The lowest BCUT2D eigenvalue weighted by molar-refractivity contribution is -0.138. The second kappa shape index (κ2) is 15.8. The molecule has 0 saturated carbocycles. The topological polar surface area (TPSA) is 107 Å². The standard InChI is InChI=1S/C31H41N3O7S/c1-38-15-5-13-33-19-29(35)32-25-18-34(31(37)21-42-3)14-12-26(25)40-20-23-6-4-7-24(16-23)41-27-10-8-22(9-11-30(33)36)17-28(27)39-2/h4,6-8,10,16-17,25-26H,5,9,11-15,18-21H2,1-3H3,(H,32,35)/t25-,26+/m0/s1. The first-order valence-electron chi connectivity index (χ1n) is 14.3. The summed E-state index contributed by atoms with van der Waals surface area (Å²) in [7, 11) is 3.20. The van der Waals surface area contributed by atoms with Gasteiger partial charge in [-0.3, -0.25) is 14.4 Å². The van der Waals surface area contributed by atoms with Crippen LogP contribution in [0.1, 0.15) is 30.4 Å². The van der Waals surface area contributed by atoms with Crippen LogP contribution in [0.15, 0.2) is 42.5 Å². The fourth-order valence-electron chi connectivity index (χ4n) is 5.22. The van der Waals surface area contributed by atoms with Gasteiger partial charge in [-0.25, -0.2) is 0 Å². The average molecular weight is 600 g/mol. The number of thioether (sulfide) groups is 1. The molecule has 10 nitrogen and oxygen atoms in total. The number of rotatable bonds is 7. The number of fused-ring (bicyclic) bond motifs is 9. The van der Waals surface area contributed by atoms with Gasteiger partial charge in [0, 0.05) is 39.8 Å². The van der Waals surface area contributed by atoms with E-state index in [2.05, 4.69) is 5.32 Å². The summed E-state index contributed by atoms with van der Waals surface area (Å²) in [4.78, 5) is 42.7. The van der Waals surface area contributed by atoms with Crippen molar-refractivity contribution in [1.29, 1.82) is 0 Å². The number of hydrogen-bond donors (Lipinski definition) is 1. The third-order valence-electron chi connectivity index (χ3n) is 7.43. The van der Waals surface area contributed by atoms with Gasteiger partial charge >= 0.3 is 0 Å². The van der Waals surface area contributed by atoms with Gasteiger partial charge in [0.1, 0.15) is 5.75 Å². The summed E-state index contributed by atoms with van der Waals surface area (Å²) in [5, 5.41) is 3.09. The Hall–Kier alpha value is -3.28. The molecule has 0 radical (unpaired) electrons. The molecule has 0 aromatic heterocycles. The van der Waals surface area contributed by atoms with E-state index in [4.69, 9.17) is 18.9 Å². The summed E-state index contributed by atoms with van der Waals surface area (Å²) in [6.45, 7) is 2.01. The van der Waals surface area contributed by atoms with Gasteiger partial charge in [0.25, 0.3) is 0 Å². The van der Waals surface area contributed by atoms with Crippen LogP contribution >= 0.6 is 11.8 Å². The summed E-state index contributed by atoms with van der Waals surface area (Å²) < 4.78 is 23.3. The Morgan fingerprint density at radius 1 is 1.12 bits per heavy atom. The molecule has 1 saturated heterocycles. The number of aryl methyl sites for hydroxylation is 1. The summed E-state index contributed by atoms with van der Waals surface area (Å²) in [6, 6.07) is 12.9. The molecule has 2 aromatic rings. The number of piperidine rings is 1. The summed E-state index contributed by atoms with van der Waals surface area (Å²) >= 11 is 1.47. The highest BCUT2D eigenvalue weighted by Gasteiger charge is 2.33. The lowest BCUT2D eigenvalue weighted by atomic mass is 10.0. The van der Waals surface area contributed by atoms with Gasteiger partial charge in [0.15, 0.2) is 11.5 Å². The number of carbonyl (C=O) groups excluding carboxylic acids is 3. The van der Waals surface area contributed by atoms with Crippen molar-refractivity contribution < 1.29 is 33.3 Å². The smallest absolute Gasteiger partial charge is 0.239 e. The Morgan fingerprint density at radius 3 is 2.76 bits per heavy atom. The molecular formula is C31H41N3O7S. The molecule has 1 N–H and O–H groups in total. The molecule has 3 amide bonds. The van der Waals surface area contributed by atoms with Crippen molar-refractivity contribution in [1.82, 2.24) is 15.1 Å². The highest BCUT2D eigenvalue weighted by Crippen LogP contribution is 2.33. The average Bonchev–Trinajstić information content (AvgIpc) is 2.99. The maximum absolute atomic E-state index is 13.4. The van der Waals surface area contributed by atoms with Crippen molar-refractivity contribution in [2.45, 2.75) is 44.4 Å². The molecule has 3 aliphatic rings. The number of likely N-dealkylation sites (tertiary alicyclic amines) is 1. The number of methoxy groups -OCH3 is 2. The third kappa shape index (κ3) is 8.86. The van der Waals surface area contributed by atoms with Crippen LogP contribution in [0.4, 0.5) is 0 Å². The SMILES string of the molecule is COCCCN1CC(=O)N[C@H]2CN(C(=O)CSC)CC[C@H]2OCc2cccc(c2)Oc2ccc(cc2OC)CCC1=O. The molecule has 1 fully saturated rings. The molecule has 42 heavy (non-hydrogen) atoms. The number of carbonyl (C=O) groups is 3. The van der Waals surface area contributed by atoms with Crippen LogP contribution in [-0.4, -0.2) is 98.7 Å². The summed E-state index contributed by atoms with van der Waals surface area (Å²) in [5.41, 5.74) is 1.84. The van der Waals surface area contributed by atoms with Crippen LogP contribution in [0, 0.1) is 0 Å². The molecule has 0 unspecified atom stereocenters. The van der Waals surface area contributed by atoms with Crippen molar-refractivity contribution in [2.24, 2.45) is 0 Å². The predicted octanol–water partition coefficient (Wildman–Crippen LogP) is 3.26. The molecule has 11 heteroatoms. The molecule has 228 valence electrons. The second-order valence-electron chi connectivity index (χ2n) is 10.5. The fourth-order valence-corrected chi connectivity index (χ4v) is 5.65. The van der Waals surface area contributed by atoms with E-state index in [1.54, 1.807) is 24.0 Å². The molecule has 5 rings (SSSR count). The van der Waals surface area contributed by atoms with Crippen molar-refractivity contribution >= 4 is 29.5 Å². The minimum absolute atomic E-state index is 0.0363. The van der Waals surface area contributed by atoms with Gasteiger partial charge < -0.3 is 34.1 Å². The van der Waals surface area contributed by atoms with E-state index in [-0.39, 0.29) is 36.8 Å². The highest BCUT2D eigenvalue weighted by molar-refractivity contribution is 7.99. The molecule has 0 spiro atoms. The molecular weight excluding hydrogens is 558 g/mol. The summed E-state index contributed by atoms with van der Waals surface area (Å²) in [5.74, 6) is 1.80. The number of nitrogens with zero attached hydrogens (tertiary/aromatic N) is 2. The zero-order valence-corrected chi connectivity index (χ0v) is 25.5. The number of nitrogens with one attached hydrogen (secondary N) is 1. The summed E-state index contributed by atoms with van der Waals surface area (Å²) in [6.07, 6.45) is 3.51. The Bertz CT molecular complexity index is 1230. The maximum Gasteiger partial charge on any atom is 0.239 e. The second-order valence-corrected chi connectivity index (χ2v) is 11.3. The van der Waals surface area contributed by atoms with Gasteiger partial charge in [0.2, 0.25) is 17.7 Å². The Balaban J connectivity index is 1.61. The zero-order chi connectivity index (χ0) is 29.9. The van der Waals surface area contributed by atoms with Crippen LogP contribution in [0.25, 0.3) is 0 Å². The van der Waals surface area contributed by atoms with Crippen LogP contribution in [0.2, 0.25) is 0 Å². The van der Waals surface area contributed by atoms with E-state index in [0.29, 0.717) is 75.1 Å². The molecule has 0 aliphatic carbocycles. The van der Waals surface area contributed by atoms with Gasteiger partial charge in [-0.05, 0) is 60.9 Å². The minimum Gasteiger partial charge on any atom is -0.493 e. The lowest BCUT2D eigenvalue weighted by Crippen LogP contribution is -2.58. The monoisotopic (exact) mass is 599 g/mol. The normalized spacial score (nSPS) is 20.1. The van der Waals surface area contributed by atoms with E-state index >= 15 is 0 Å². The van der Waals surface area contributed by atoms with Gasteiger partial charge in [-0.2, -0.15) is 11.8 Å². The number of amides is 3. The van der Waals surface area contributed by atoms with Crippen LogP contribution in [0.3, 0.4) is 0 Å². The van der Waals surface area contributed by atoms with Crippen molar-refractivity contribution in [3.05, 3.63) is 53.6 Å². The highest BCUT2D eigenvalue weighted by atomic mass is 32.2. The number of hydrogen-bond acceptors (Lipinski definition) is 8. The third-order valence-corrected chi connectivity index (χ3v) is 7.96. The zero-order valence-electron chi connectivity index (χ0n) is 24.6. The van der Waals surface area contributed by atoms with Crippen molar-refractivity contribution in [3.8, 4) is 17.2 Å². The molecule has 2 atom stereocenters. The van der Waals surface area contributed by atoms with Gasteiger partial charge in [-0.15, -0.1) is 0 Å². The van der Waals surface area contributed by atoms with Crippen LogP contribution in [-0.2, 0) is 36.9 Å². The predicted molar refractivity (Wildman–Crippen MR) is 161 cm³/mol. The first-order valence-corrected chi connectivity index (χ1v) is 15.7. The first-order chi connectivity index (χ1) is 20.4. The molecule has 3 aliphatic heterocycles. The first kappa shape index (κ1) is 31.7. The molecule has 3 heterocycles. The van der Waals surface area contributed by atoms with Crippen molar-refractivity contribution in [2.75, 3.05) is 59.0 Å². The molecule has 4 bridgehead atoms. The maximum atomic E-state index is 13.4. The van der Waals surface area contributed by atoms with Crippen LogP contribution in [0.5, 0.6) is 17.2 Å². The van der Waals surface area contributed by atoms with Crippen LogP contribution < -0.4 is 14.8 Å². The quantitative estimate of drug-likeness (QED) is 0.484. The lowest BCUT2D eigenvalue weighted by Gasteiger charge is -2.39. The van der Waals surface area contributed by atoms with E-state index in [1.165, 1.54) is 11.8 Å². The largest absolute Gasteiger partial charge is 0.493 e. The van der Waals surface area contributed by atoms with E-state index in [1.807, 2.05) is 48.7 Å². The van der Waals surface area contributed by atoms with E-state index < -0.39 is 6.04 Å². The Labute approximate surface area is 252 Å². The van der Waals surface area contributed by atoms with Crippen molar-refractivity contribution in [3.63, 3.8) is 0 Å². The van der Waals surface area contributed by atoms with Gasteiger partial charge in [0.05, 0.1) is 38.2 Å². The Morgan fingerprint density at radius 2 is 1.98 bits per heavy atom. The molecule has 2 aromatic carbocycles. The fraction of sp³-hybridized carbons (Fsp3) is 0.516. The van der Waals surface area contributed by atoms with E-state index in [0.717, 1.165) is 11.1 Å². The number of benzene rings is 2.